The van der Waals surface area contributed by atoms with Gasteiger partial charge >= 0.3 is 6.09 Å². The van der Waals surface area contributed by atoms with Crippen molar-refractivity contribution in [2.45, 2.75) is 70.3 Å². The molecule has 13 heteroatoms. The number of rotatable bonds is 8. The SMILES string of the molecule is CC(C)(C)OC(=O)N1CC(OC2CCN(CC(=O)N3CCC(n4nc(-c5ccc(Oc6ccccc6)cc5)c5c(N)ncnc54)CC3)CC2)C1. The maximum absolute atomic E-state index is 13.3. The van der Waals surface area contributed by atoms with Crippen LogP contribution in [0.1, 0.15) is 52.5 Å². The van der Waals surface area contributed by atoms with Crippen LogP contribution < -0.4 is 10.5 Å². The van der Waals surface area contributed by atoms with Gasteiger partial charge in [-0.15, -0.1) is 0 Å². The van der Waals surface area contributed by atoms with E-state index in [0.717, 1.165) is 66.9 Å². The van der Waals surface area contributed by atoms with Crippen LogP contribution in [0.3, 0.4) is 0 Å². The molecule has 4 aromatic rings. The normalized spacial score (nSPS) is 18.3. The average molecular weight is 683 g/mol. The Hall–Kier alpha value is -4.75. The van der Waals surface area contributed by atoms with E-state index in [1.165, 1.54) is 6.33 Å². The van der Waals surface area contributed by atoms with Gasteiger partial charge in [0.05, 0.1) is 43.3 Å². The highest BCUT2D eigenvalue weighted by Crippen LogP contribution is 2.35. The molecular weight excluding hydrogens is 636 g/mol. The molecular formula is C37H46N8O5. The van der Waals surface area contributed by atoms with Crippen LogP contribution in [0.2, 0.25) is 0 Å². The molecule has 2 aromatic heterocycles. The van der Waals surface area contributed by atoms with Crippen molar-refractivity contribution in [1.29, 1.82) is 0 Å². The first-order valence-corrected chi connectivity index (χ1v) is 17.5. The summed E-state index contributed by atoms with van der Waals surface area (Å²) in [7, 11) is 0. The van der Waals surface area contributed by atoms with Crippen LogP contribution in [0, 0.1) is 0 Å². The lowest BCUT2D eigenvalue weighted by atomic mass is 10.0. The Kier molecular flexibility index (Phi) is 9.60. The van der Waals surface area contributed by atoms with Gasteiger partial charge in [0.2, 0.25) is 5.91 Å². The smallest absolute Gasteiger partial charge is 0.410 e. The number of carbonyl (C=O) groups excluding carboxylic acids is 2. The number of anilines is 1. The second-order valence-electron chi connectivity index (χ2n) is 14.4. The molecule has 264 valence electrons. The van der Waals surface area contributed by atoms with E-state index in [0.29, 0.717) is 44.2 Å². The van der Waals surface area contributed by atoms with E-state index < -0.39 is 5.60 Å². The summed E-state index contributed by atoms with van der Waals surface area (Å²) < 4.78 is 19.6. The Morgan fingerprint density at radius 3 is 2.20 bits per heavy atom. The van der Waals surface area contributed by atoms with Crippen LogP contribution in [0.15, 0.2) is 60.9 Å². The van der Waals surface area contributed by atoms with Gasteiger partial charge in [-0.25, -0.2) is 19.4 Å². The highest BCUT2D eigenvalue weighted by atomic mass is 16.6. The molecule has 3 fully saturated rings. The van der Waals surface area contributed by atoms with Gasteiger partial charge in [0.1, 0.15) is 34.9 Å². The van der Waals surface area contributed by atoms with Gasteiger partial charge in [0.25, 0.3) is 0 Å². The Morgan fingerprint density at radius 2 is 1.52 bits per heavy atom. The predicted octanol–water partition coefficient (Wildman–Crippen LogP) is 5.13. The molecule has 3 saturated heterocycles. The van der Waals surface area contributed by atoms with Crippen LogP contribution in [-0.2, 0) is 14.3 Å². The predicted molar refractivity (Wildman–Crippen MR) is 189 cm³/mol. The van der Waals surface area contributed by atoms with E-state index in [-0.39, 0.29) is 30.3 Å². The number of piperidine rings is 2. The molecule has 2 aromatic carbocycles. The average Bonchev–Trinajstić information content (AvgIpc) is 3.48. The topological polar surface area (TPSA) is 141 Å². The van der Waals surface area contributed by atoms with Gasteiger partial charge in [-0.05, 0) is 82.9 Å². The zero-order valence-corrected chi connectivity index (χ0v) is 29.0. The van der Waals surface area contributed by atoms with Crippen LogP contribution in [0.4, 0.5) is 10.6 Å². The van der Waals surface area contributed by atoms with Crippen molar-refractivity contribution in [1.82, 2.24) is 34.4 Å². The summed E-state index contributed by atoms with van der Waals surface area (Å²) in [4.78, 5) is 40.3. The van der Waals surface area contributed by atoms with Crippen LogP contribution in [0.5, 0.6) is 11.5 Å². The zero-order chi connectivity index (χ0) is 34.8. The zero-order valence-electron chi connectivity index (χ0n) is 29.0. The quantitative estimate of drug-likeness (QED) is 0.266. The minimum Gasteiger partial charge on any atom is -0.457 e. The lowest BCUT2D eigenvalue weighted by Gasteiger charge is -2.42. The van der Waals surface area contributed by atoms with Crippen LogP contribution in [-0.4, -0.2) is 110 Å². The fourth-order valence-electron chi connectivity index (χ4n) is 6.88. The van der Waals surface area contributed by atoms with Gasteiger partial charge in [-0.1, -0.05) is 18.2 Å². The Balaban J connectivity index is 0.901. The molecule has 2 N–H and O–H groups in total. The van der Waals surface area contributed by atoms with Gasteiger partial charge in [0.15, 0.2) is 5.65 Å². The number of ether oxygens (including phenoxy) is 3. The lowest BCUT2D eigenvalue weighted by molar-refractivity contribution is -0.135. The van der Waals surface area contributed by atoms with Gasteiger partial charge in [-0.3, -0.25) is 9.69 Å². The number of nitrogen functional groups attached to an aromatic ring is 1. The Bertz CT molecular complexity index is 1790. The number of benzene rings is 2. The van der Waals surface area contributed by atoms with Crippen molar-refractivity contribution in [2.24, 2.45) is 0 Å². The molecule has 0 atom stereocenters. The van der Waals surface area contributed by atoms with E-state index in [9.17, 15) is 9.59 Å². The molecule has 3 aliphatic rings. The molecule has 0 radical (unpaired) electrons. The largest absolute Gasteiger partial charge is 0.457 e. The van der Waals surface area contributed by atoms with Crippen molar-refractivity contribution < 1.29 is 23.8 Å². The van der Waals surface area contributed by atoms with Crippen LogP contribution in [0.25, 0.3) is 22.3 Å². The number of hydrogen-bond acceptors (Lipinski definition) is 10. The number of nitrogens with two attached hydrogens (primary N) is 1. The number of carbonyl (C=O) groups is 2. The molecule has 5 heterocycles. The Morgan fingerprint density at radius 1 is 0.840 bits per heavy atom. The van der Waals surface area contributed by atoms with E-state index in [1.54, 1.807) is 4.90 Å². The first-order valence-electron chi connectivity index (χ1n) is 17.5. The third-order valence-electron chi connectivity index (χ3n) is 9.57. The molecule has 2 amide bonds. The number of hydrogen-bond donors (Lipinski definition) is 1. The minimum atomic E-state index is -0.500. The van der Waals surface area contributed by atoms with Gasteiger partial charge < -0.3 is 29.7 Å². The number of likely N-dealkylation sites (tertiary alicyclic amines) is 3. The molecule has 0 bridgehead atoms. The highest BCUT2D eigenvalue weighted by Gasteiger charge is 2.37. The summed E-state index contributed by atoms with van der Waals surface area (Å²) in [6.07, 6.45) is 4.69. The minimum absolute atomic E-state index is 0.0490. The van der Waals surface area contributed by atoms with E-state index in [2.05, 4.69) is 14.9 Å². The van der Waals surface area contributed by atoms with Crippen LogP contribution >= 0.6 is 0 Å². The number of fused-ring (bicyclic) bond motifs is 1. The highest BCUT2D eigenvalue weighted by molar-refractivity contribution is 5.98. The first kappa shape index (κ1) is 33.7. The summed E-state index contributed by atoms with van der Waals surface area (Å²) in [5.74, 6) is 2.04. The fourth-order valence-corrected chi connectivity index (χ4v) is 6.88. The molecule has 50 heavy (non-hydrogen) atoms. The summed E-state index contributed by atoms with van der Waals surface area (Å²) in [5, 5.41) is 5.76. The first-order chi connectivity index (χ1) is 24.1. The van der Waals surface area contributed by atoms with E-state index in [4.69, 9.17) is 25.0 Å². The number of amides is 2. The van der Waals surface area contributed by atoms with Crippen molar-refractivity contribution in [2.75, 3.05) is 51.5 Å². The second kappa shape index (κ2) is 14.2. The molecule has 13 nitrogen and oxygen atoms in total. The van der Waals surface area contributed by atoms with E-state index >= 15 is 0 Å². The molecule has 0 unspecified atom stereocenters. The lowest BCUT2D eigenvalue weighted by Crippen LogP contribution is -2.57. The molecule has 3 aliphatic heterocycles. The summed E-state index contributed by atoms with van der Waals surface area (Å²) in [5.41, 5.74) is 8.21. The monoisotopic (exact) mass is 682 g/mol. The number of nitrogens with zero attached hydrogens (tertiary/aromatic N) is 7. The Labute approximate surface area is 292 Å². The number of para-hydroxylation sites is 1. The van der Waals surface area contributed by atoms with Crippen molar-refractivity contribution in [3.8, 4) is 22.8 Å². The number of aromatic nitrogens is 4. The van der Waals surface area contributed by atoms with Crippen molar-refractivity contribution >= 4 is 28.9 Å². The van der Waals surface area contributed by atoms with Crippen molar-refractivity contribution in [3.05, 3.63) is 60.9 Å². The summed E-state index contributed by atoms with van der Waals surface area (Å²) in [6.45, 7) is 10.1. The van der Waals surface area contributed by atoms with E-state index in [1.807, 2.05) is 85.0 Å². The maximum Gasteiger partial charge on any atom is 0.410 e. The molecule has 7 rings (SSSR count). The summed E-state index contributed by atoms with van der Waals surface area (Å²) in [6, 6.07) is 17.5. The van der Waals surface area contributed by atoms with Gasteiger partial charge in [0, 0.05) is 31.7 Å². The molecule has 0 spiro atoms. The van der Waals surface area contributed by atoms with Gasteiger partial charge in [-0.2, -0.15) is 5.10 Å². The maximum atomic E-state index is 13.3. The fraction of sp³-hybridized carbons (Fsp3) is 0.486. The second-order valence-corrected chi connectivity index (χ2v) is 14.4. The standard InChI is InChI=1S/C37H46N8O5/c1-37(2,3)50-36(47)44-21-30(22-44)49-29-15-17-42(18-16-29)23-31(46)43-19-13-26(14-20-43)45-35-32(34(38)39-24-40-35)33(41-45)25-9-11-28(12-10-25)48-27-7-5-4-6-8-27/h4-12,24,26,29-30H,13-23H2,1-3H3,(H2,38,39,40). The molecule has 0 aliphatic carbocycles. The molecule has 0 saturated carbocycles. The third-order valence-corrected chi connectivity index (χ3v) is 9.57. The van der Waals surface area contributed by atoms with Crippen molar-refractivity contribution in [3.63, 3.8) is 0 Å². The summed E-state index contributed by atoms with van der Waals surface area (Å²) >= 11 is 0. The third kappa shape index (κ3) is 7.68.